The third kappa shape index (κ3) is 2.65. The number of aliphatic hydroxyl groups is 1. The molecular formula is C8H6BrIO3. The van der Waals surface area contributed by atoms with Gasteiger partial charge in [0.25, 0.3) is 0 Å². The Labute approximate surface area is 97.0 Å². The minimum Gasteiger partial charge on any atom is -0.479 e. The maximum absolute atomic E-state index is 10.5. The van der Waals surface area contributed by atoms with Crippen LogP contribution in [-0.4, -0.2) is 16.2 Å². The van der Waals surface area contributed by atoms with Crippen LogP contribution in [0.2, 0.25) is 0 Å². The van der Waals surface area contributed by atoms with E-state index in [2.05, 4.69) is 15.9 Å². The lowest BCUT2D eigenvalue weighted by Gasteiger charge is -2.08. The molecule has 2 N–H and O–H groups in total. The summed E-state index contributed by atoms with van der Waals surface area (Å²) in [5, 5.41) is 17.9. The van der Waals surface area contributed by atoms with Gasteiger partial charge in [0.2, 0.25) is 0 Å². The molecule has 0 aromatic heterocycles. The summed E-state index contributed by atoms with van der Waals surface area (Å²) in [5.41, 5.74) is 0.405. The molecule has 1 atom stereocenters. The Hall–Kier alpha value is -0.140. The first kappa shape index (κ1) is 10.9. The molecule has 0 spiro atoms. The average molecular weight is 357 g/mol. The zero-order valence-electron chi connectivity index (χ0n) is 6.37. The Morgan fingerprint density at radius 2 is 2.15 bits per heavy atom. The highest BCUT2D eigenvalue weighted by molar-refractivity contribution is 14.1. The highest BCUT2D eigenvalue weighted by atomic mass is 127. The maximum Gasteiger partial charge on any atom is 0.337 e. The molecule has 0 heterocycles. The first-order valence-electron chi connectivity index (χ1n) is 3.38. The number of halogens is 2. The molecule has 1 unspecified atom stereocenters. The molecule has 0 bridgehead atoms. The third-order valence-corrected chi connectivity index (χ3v) is 2.96. The molecule has 5 heteroatoms. The molecule has 70 valence electrons. The van der Waals surface area contributed by atoms with Crippen LogP contribution in [0.1, 0.15) is 11.7 Å². The maximum atomic E-state index is 10.5. The topological polar surface area (TPSA) is 57.5 Å². The number of hydrogen-bond donors (Lipinski definition) is 2. The lowest BCUT2D eigenvalue weighted by atomic mass is 10.1. The molecule has 13 heavy (non-hydrogen) atoms. The lowest BCUT2D eigenvalue weighted by molar-refractivity contribution is -0.147. The zero-order valence-corrected chi connectivity index (χ0v) is 10.1. The monoisotopic (exact) mass is 356 g/mol. The van der Waals surface area contributed by atoms with E-state index in [0.717, 1.165) is 8.04 Å². The van der Waals surface area contributed by atoms with Crippen molar-refractivity contribution in [3.63, 3.8) is 0 Å². The molecule has 1 aromatic rings. The Bertz CT molecular complexity index is 340. The van der Waals surface area contributed by atoms with E-state index in [0.29, 0.717) is 5.56 Å². The van der Waals surface area contributed by atoms with Gasteiger partial charge in [-0.1, -0.05) is 15.9 Å². The Morgan fingerprint density at radius 1 is 1.54 bits per heavy atom. The normalized spacial score (nSPS) is 12.5. The van der Waals surface area contributed by atoms with Gasteiger partial charge in [-0.15, -0.1) is 0 Å². The van der Waals surface area contributed by atoms with Crippen molar-refractivity contribution >= 4 is 44.5 Å². The predicted octanol–water partition coefficient (Wildman–Crippen LogP) is 2.17. The first-order chi connectivity index (χ1) is 6.02. The van der Waals surface area contributed by atoms with Crippen LogP contribution in [-0.2, 0) is 4.79 Å². The number of carboxylic acids is 1. The van der Waals surface area contributed by atoms with Gasteiger partial charge in [0, 0.05) is 13.6 Å². The molecule has 1 aromatic carbocycles. The lowest BCUT2D eigenvalue weighted by Crippen LogP contribution is -2.11. The molecule has 0 aliphatic rings. The van der Waals surface area contributed by atoms with Gasteiger partial charge >= 0.3 is 5.97 Å². The predicted molar refractivity (Wildman–Crippen MR) is 59.5 cm³/mol. The second kappa shape index (κ2) is 4.39. The number of carboxylic acid groups (broad SMARTS) is 1. The molecule has 1 rings (SSSR count). The summed E-state index contributed by atoms with van der Waals surface area (Å²) in [4.78, 5) is 10.5. The second-order valence-electron chi connectivity index (χ2n) is 2.41. The fraction of sp³-hybridized carbons (Fsp3) is 0.125. The second-order valence-corrected chi connectivity index (χ2v) is 4.48. The van der Waals surface area contributed by atoms with Gasteiger partial charge in [-0.2, -0.15) is 0 Å². The van der Waals surface area contributed by atoms with Crippen LogP contribution in [0.4, 0.5) is 0 Å². The number of rotatable bonds is 2. The van der Waals surface area contributed by atoms with E-state index in [1.807, 2.05) is 22.6 Å². The number of carbonyl (C=O) groups is 1. The van der Waals surface area contributed by atoms with Crippen LogP contribution in [0, 0.1) is 3.57 Å². The SMILES string of the molecule is O=C(O)C(O)c1cc(Br)ccc1I. The fourth-order valence-corrected chi connectivity index (χ4v) is 1.87. The summed E-state index contributed by atoms with van der Waals surface area (Å²) in [7, 11) is 0. The highest BCUT2D eigenvalue weighted by Crippen LogP contribution is 2.24. The smallest absolute Gasteiger partial charge is 0.337 e. The number of hydrogen-bond acceptors (Lipinski definition) is 2. The van der Waals surface area contributed by atoms with Crippen LogP contribution in [0.3, 0.4) is 0 Å². The van der Waals surface area contributed by atoms with Crippen LogP contribution >= 0.6 is 38.5 Å². The summed E-state index contributed by atoms with van der Waals surface area (Å²) >= 11 is 5.19. The largest absolute Gasteiger partial charge is 0.479 e. The van der Waals surface area contributed by atoms with Gasteiger partial charge in [0.15, 0.2) is 6.10 Å². The highest BCUT2D eigenvalue weighted by Gasteiger charge is 2.18. The van der Waals surface area contributed by atoms with Crippen molar-refractivity contribution in [3.8, 4) is 0 Å². The van der Waals surface area contributed by atoms with Crippen LogP contribution < -0.4 is 0 Å². The van der Waals surface area contributed by atoms with Gasteiger partial charge in [-0.25, -0.2) is 4.79 Å². The minimum atomic E-state index is -1.45. The summed E-state index contributed by atoms with van der Waals surface area (Å²) in [6, 6.07) is 5.13. The van der Waals surface area contributed by atoms with Crippen molar-refractivity contribution in [2.75, 3.05) is 0 Å². The third-order valence-electron chi connectivity index (χ3n) is 1.49. The molecular weight excluding hydrogens is 351 g/mol. The van der Waals surface area contributed by atoms with Gasteiger partial charge in [0.05, 0.1) is 0 Å². The molecule has 3 nitrogen and oxygen atoms in total. The molecule has 0 amide bonds. The standard InChI is InChI=1S/C8H6BrIO3/c9-4-1-2-6(10)5(3-4)7(11)8(12)13/h1-3,7,11H,(H,12,13). The Balaban J connectivity index is 3.12. The van der Waals surface area contributed by atoms with E-state index in [4.69, 9.17) is 5.11 Å². The summed E-state index contributed by atoms with van der Waals surface area (Å²) < 4.78 is 1.49. The minimum absolute atomic E-state index is 0.405. The van der Waals surface area contributed by atoms with E-state index in [1.54, 1.807) is 18.2 Å². The number of aliphatic hydroxyl groups excluding tert-OH is 1. The molecule has 0 aliphatic heterocycles. The molecule has 0 saturated carbocycles. The van der Waals surface area contributed by atoms with Crippen LogP contribution in [0.5, 0.6) is 0 Å². The quantitative estimate of drug-likeness (QED) is 0.798. The van der Waals surface area contributed by atoms with Crippen LogP contribution in [0.15, 0.2) is 22.7 Å². The molecule has 0 radical (unpaired) electrons. The van der Waals surface area contributed by atoms with Crippen molar-refractivity contribution in [1.82, 2.24) is 0 Å². The van der Waals surface area contributed by atoms with Gasteiger partial charge in [-0.3, -0.25) is 0 Å². The summed E-state index contributed by atoms with van der Waals surface area (Å²) in [5.74, 6) is -1.24. The van der Waals surface area contributed by atoms with E-state index in [1.165, 1.54) is 0 Å². The van der Waals surface area contributed by atoms with Crippen molar-refractivity contribution in [2.45, 2.75) is 6.10 Å². The summed E-state index contributed by atoms with van der Waals surface area (Å²) in [6.07, 6.45) is -1.45. The summed E-state index contributed by atoms with van der Waals surface area (Å²) in [6.45, 7) is 0. The van der Waals surface area contributed by atoms with E-state index < -0.39 is 12.1 Å². The van der Waals surface area contributed by atoms with Crippen molar-refractivity contribution in [3.05, 3.63) is 31.8 Å². The molecule has 0 aliphatic carbocycles. The molecule has 0 saturated heterocycles. The Kier molecular flexibility index (Phi) is 3.69. The van der Waals surface area contributed by atoms with E-state index >= 15 is 0 Å². The van der Waals surface area contributed by atoms with Gasteiger partial charge in [0.1, 0.15) is 0 Å². The zero-order chi connectivity index (χ0) is 10.0. The molecule has 0 fully saturated rings. The van der Waals surface area contributed by atoms with Crippen molar-refractivity contribution < 1.29 is 15.0 Å². The van der Waals surface area contributed by atoms with Gasteiger partial charge < -0.3 is 10.2 Å². The van der Waals surface area contributed by atoms with E-state index in [-0.39, 0.29) is 0 Å². The van der Waals surface area contributed by atoms with Gasteiger partial charge in [-0.05, 0) is 40.8 Å². The van der Waals surface area contributed by atoms with Crippen molar-refractivity contribution in [2.24, 2.45) is 0 Å². The Morgan fingerprint density at radius 3 is 2.69 bits per heavy atom. The average Bonchev–Trinajstić information content (AvgIpc) is 2.08. The van der Waals surface area contributed by atoms with Crippen molar-refractivity contribution in [1.29, 1.82) is 0 Å². The first-order valence-corrected chi connectivity index (χ1v) is 5.25. The fourth-order valence-electron chi connectivity index (χ4n) is 0.857. The van der Waals surface area contributed by atoms with E-state index in [9.17, 15) is 9.90 Å². The number of aliphatic carboxylic acids is 1. The number of benzene rings is 1. The van der Waals surface area contributed by atoms with Crippen LogP contribution in [0.25, 0.3) is 0 Å².